The Bertz CT molecular complexity index is 1320. The van der Waals surface area contributed by atoms with E-state index in [1.165, 1.54) is 35.4 Å². The topological polar surface area (TPSA) is 76.4 Å². The van der Waals surface area contributed by atoms with Crippen LogP contribution in [0.4, 0.5) is 24.5 Å². The van der Waals surface area contributed by atoms with E-state index in [4.69, 9.17) is 4.78 Å². The van der Waals surface area contributed by atoms with E-state index in [2.05, 4.69) is 33.9 Å². The van der Waals surface area contributed by atoms with Gasteiger partial charge in [0, 0.05) is 22.3 Å². The van der Waals surface area contributed by atoms with Crippen molar-refractivity contribution < 1.29 is 22.5 Å². The lowest BCUT2D eigenvalue weighted by atomic mass is 9.86. The van der Waals surface area contributed by atoms with Crippen LogP contribution in [0.1, 0.15) is 30.4 Å². The van der Waals surface area contributed by atoms with Crippen LogP contribution in [0.3, 0.4) is 0 Å². The lowest BCUT2D eigenvalue weighted by molar-refractivity contribution is -0.0328. The van der Waals surface area contributed by atoms with Gasteiger partial charge in [0.05, 0.1) is 17.0 Å². The van der Waals surface area contributed by atoms with Crippen LogP contribution >= 0.6 is 11.8 Å². The highest BCUT2D eigenvalue weighted by atomic mass is 32.2. The number of halogens is 3. The van der Waals surface area contributed by atoms with Gasteiger partial charge in [-0.15, -0.1) is 0 Å². The number of alkyl halides is 3. The van der Waals surface area contributed by atoms with Gasteiger partial charge in [0.2, 0.25) is 0 Å². The first-order valence-electron chi connectivity index (χ1n) is 12.2. The first kappa shape index (κ1) is 26.1. The molecule has 3 aromatic rings. The summed E-state index contributed by atoms with van der Waals surface area (Å²) in [4.78, 5) is 2.24. The van der Waals surface area contributed by atoms with Crippen LogP contribution in [0.15, 0.2) is 82.6 Å². The highest BCUT2D eigenvalue weighted by Crippen LogP contribution is 2.41. The summed E-state index contributed by atoms with van der Waals surface area (Å²) in [6.07, 6.45) is 2.88. The first-order chi connectivity index (χ1) is 17.6. The fourth-order valence-electron chi connectivity index (χ4n) is 5.35. The molecule has 1 fully saturated rings. The normalized spacial score (nSPS) is 23.5. The quantitative estimate of drug-likeness (QED) is 0.322. The number of fused-ring (bicyclic) bond motifs is 2. The van der Waals surface area contributed by atoms with Gasteiger partial charge >= 0.3 is 5.51 Å². The zero-order valence-electron chi connectivity index (χ0n) is 19.9. The molecule has 0 radical (unpaired) electrons. The Morgan fingerprint density at radius 3 is 2.05 bits per heavy atom. The van der Waals surface area contributed by atoms with E-state index in [1.807, 2.05) is 24.3 Å². The van der Waals surface area contributed by atoms with E-state index in [9.17, 15) is 22.5 Å². The predicted octanol–water partition coefficient (Wildman–Crippen LogP) is 6.43. The summed E-state index contributed by atoms with van der Waals surface area (Å²) in [7, 11) is -3.55. The number of hydrogen-bond acceptors (Lipinski definition) is 5. The molecule has 4 unspecified atom stereocenters. The molecule has 0 spiro atoms. The number of para-hydroxylation sites is 2. The summed E-state index contributed by atoms with van der Waals surface area (Å²) >= 11 is -0.257. The van der Waals surface area contributed by atoms with E-state index in [0.717, 1.165) is 37.1 Å². The predicted molar refractivity (Wildman–Crippen MR) is 140 cm³/mol. The Balaban J connectivity index is 1.41. The molecule has 0 amide bonds. The molecule has 5 rings (SSSR count). The minimum atomic E-state index is -4.42. The fraction of sp³-hybridized carbons (Fsp3) is 0.333. The number of aryl methyl sites for hydroxylation is 2. The van der Waals surface area contributed by atoms with Crippen molar-refractivity contribution in [2.45, 2.75) is 65.6 Å². The van der Waals surface area contributed by atoms with Gasteiger partial charge in [-0.3, -0.25) is 0 Å². The third-order valence-corrected chi connectivity index (χ3v) is 9.34. The van der Waals surface area contributed by atoms with Gasteiger partial charge in [0.1, 0.15) is 9.92 Å². The lowest BCUT2D eigenvalue weighted by Crippen LogP contribution is -2.55. The zero-order chi connectivity index (χ0) is 26.2. The van der Waals surface area contributed by atoms with Gasteiger partial charge in [-0.1, -0.05) is 36.4 Å². The highest BCUT2D eigenvalue weighted by molar-refractivity contribution is 8.00. The van der Waals surface area contributed by atoms with E-state index < -0.39 is 27.6 Å². The molecule has 37 heavy (non-hydrogen) atoms. The van der Waals surface area contributed by atoms with Crippen molar-refractivity contribution in [3.63, 3.8) is 0 Å². The first-order valence-corrected chi connectivity index (χ1v) is 14.5. The number of rotatable bonds is 5. The Labute approximate surface area is 219 Å². The second kappa shape index (κ2) is 10.3. The SMILES string of the molecule is N=S(=O)(NC1CCCC(N2c3ccccc3CCc3ccccc32)C1O)c1ccc(SC(F)(F)F)cc1. The molecule has 10 heteroatoms. The second-order valence-electron chi connectivity index (χ2n) is 9.42. The fourth-order valence-corrected chi connectivity index (χ4v) is 7.23. The maximum Gasteiger partial charge on any atom is 0.446 e. The summed E-state index contributed by atoms with van der Waals surface area (Å²) in [5, 5.41) is 11.6. The summed E-state index contributed by atoms with van der Waals surface area (Å²) in [5.41, 5.74) is 0.0562. The van der Waals surface area contributed by atoms with E-state index in [0.29, 0.717) is 6.42 Å². The van der Waals surface area contributed by atoms with Gasteiger partial charge in [-0.25, -0.2) is 13.7 Å². The highest BCUT2D eigenvalue weighted by Gasteiger charge is 2.39. The van der Waals surface area contributed by atoms with Gasteiger partial charge in [-0.05, 0) is 91.4 Å². The van der Waals surface area contributed by atoms with Crippen LogP contribution in [0.25, 0.3) is 0 Å². The minimum Gasteiger partial charge on any atom is -0.389 e. The third-order valence-electron chi connectivity index (χ3n) is 7.03. The van der Waals surface area contributed by atoms with Crippen molar-refractivity contribution in [2.24, 2.45) is 0 Å². The Morgan fingerprint density at radius 1 is 0.919 bits per heavy atom. The second-order valence-corrected chi connectivity index (χ2v) is 12.4. The van der Waals surface area contributed by atoms with E-state index in [1.54, 1.807) is 0 Å². The standard InChI is InChI=1S/C27H28F3N3O2S2/c28-27(29,30)36-20-14-16-21(17-15-20)37(31,35)32-22-8-5-11-25(26(22)34)33-23-9-3-1-6-18(23)12-13-19-7-2-4-10-24(19)33/h1-4,6-7,9-10,14-17,22,25-26,34H,5,8,11-13H2,(H2,31,32,35). The molecule has 3 N–H and O–H groups in total. The third kappa shape index (κ3) is 5.67. The smallest absolute Gasteiger partial charge is 0.389 e. The van der Waals surface area contributed by atoms with Crippen LogP contribution in [-0.2, 0) is 22.8 Å². The van der Waals surface area contributed by atoms with Crippen LogP contribution < -0.4 is 9.62 Å². The maximum absolute atomic E-state index is 13.3. The van der Waals surface area contributed by atoms with Gasteiger partial charge in [0.15, 0.2) is 0 Å². The molecule has 0 bridgehead atoms. The molecular formula is C27H28F3N3O2S2. The molecule has 1 saturated carbocycles. The van der Waals surface area contributed by atoms with Crippen molar-refractivity contribution >= 4 is 33.1 Å². The molecular weight excluding hydrogens is 519 g/mol. The molecule has 196 valence electrons. The molecule has 1 aliphatic carbocycles. The minimum absolute atomic E-state index is 0.0392. The van der Waals surface area contributed by atoms with Crippen molar-refractivity contribution in [1.82, 2.24) is 4.72 Å². The van der Waals surface area contributed by atoms with Crippen LogP contribution in [0.5, 0.6) is 0 Å². The average molecular weight is 548 g/mol. The summed E-state index contributed by atoms with van der Waals surface area (Å²) in [5.74, 6) is 0. The Kier molecular flexibility index (Phi) is 7.28. The molecule has 0 aromatic heterocycles. The molecule has 1 heterocycles. The van der Waals surface area contributed by atoms with Crippen molar-refractivity contribution in [3.05, 3.63) is 83.9 Å². The van der Waals surface area contributed by atoms with Crippen molar-refractivity contribution in [2.75, 3.05) is 4.90 Å². The maximum atomic E-state index is 13.3. The molecule has 0 saturated heterocycles. The Morgan fingerprint density at radius 2 is 1.49 bits per heavy atom. The van der Waals surface area contributed by atoms with Crippen molar-refractivity contribution in [1.29, 1.82) is 4.78 Å². The number of hydrogen-bond donors (Lipinski definition) is 3. The van der Waals surface area contributed by atoms with Crippen molar-refractivity contribution in [3.8, 4) is 0 Å². The molecule has 1 aliphatic heterocycles. The monoisotopic (exact) mass is 547 g/mol. The summed E-state index contributed by atoms with van der Waals surface area (Å²) in [6.45, 7) is 0. The largest absolute Gasteiger partial charge is 0.446 e. The number of aliphatic hydroxyl groups excluding tert-OH is 1. The van der Waals surface area contributed by atoms with E-state index >= 15 is 0 Å². The molecule has 2 aliphatic rings. The molecule has 5 nitrogen and oxygen atoms in total. The van der Waals surface area contributed by atoms with Crippen LogP contribution in [0.2, 0.25) is 0 Å². The number of anilines is 2. The van der Waals surface area contributed by atoms with Crippen LogP contribution in [0, 0.1) is 4.78 Å². The van der Waals surface area contributed by atoms with Gasteiger partial charge in [-0.2, -0.15) is 13.2 Å². The zero-order valence-corrected chi connectivity index (χ0v) is 21.6. The summed E-state index contributed by atoms with van der Waals surface area (Å²) in [6, 6.07) is 20.4. The van der Waals surface area contributed by atoms with E-state index in [-0.39, 0.29) is 27.6 Å². The number of nitrogens with one attached hydrogen (secondary N) is 2. The molecule has 4 atom stereocenters. The number of nitrogens with zero attached hydrogens (tertiary/aromatic N) is 1. The number of benzene rings is 3. The van der Waals surface area contributed by atoms with Crippen LogP contribution in [-0.4, -0.2) is 33.0 Å². The summed E-state index contributed by atoms with van der Waals surface area (Å²) < 4.78 is 62.6. The average Bonchev–Trinajstić information content (AvgIpc) is 3.02. The molecule has 3 aromatic carbocycles. The number of aliphatic hydroxyl groups is 1. The Hall–Kier alpha value is -2.53. The van der Waals surface area contributed by atoms with Gasteiger partial charge in [0.25, 0.3) is 0 Å². The van der Waals surface area contributed by atoms with Gasteiger partial charge < -0.3 is 10.0 Å². The lowest BCUT2D eigenvalue weighted by Gasteiger charge is -2.43. The number of thioether (sulfide) groups is 1.